The minimum Gasteiger partial charge on any atom is -0.409 e. The Kier molecular flexibility index (Phi) is 3.50. The van der Waals surface area contributed by atoms with E-state index < -0.39 is 0 Å². The molecule has 76 valence electrons. The van der Waals surface area contributed by atoms with E-state index in [0.29, 0.717) is 6.54 Å². The van der Waals surface area contributed by atoms with Crippen molar-refractivity contribution in [2.24, 2.45) is 10.9 Å². The number of rotatable bonds is 3. The molecule has 4 N–H and O–H groups in total. The summed E-state index contributed by atoms with van der Waals surface area (Å²) < 4.78 is 0. The highest BCUT2D eigenvalue weighted by molar-refractivity contribution is 5.81. The van der Waals surface area contributed by atoms with Crippen LogP contribution in [0.3, 0.4) is 0 Å². The molecule has 0 aliphatic carbocycles. The van der Waals surface area contributed by atoms with Gasteiger partial charge in [-0.2, -0.15) is 0 Å². The lowest BCUT2D eigenvalue weighted by Crippen LogP contribution is -2.42. The predicted molar refractivity (Wildman–Crippen MR) is 49.7 cm³/mol. The molecule has 0 aromatic carbocycles. The summed E-state index contributed by atoms with van der Waals surface area (Å²) in [6.45, 7) is 3.12. The van der Waals surface area contributed by atoms with E-state index in [1.807, 2.05) is 4.90 Å². The summed E-state index contributed by atoms with van der Waals surface area (Å²) in [4.78, 5) is 2.04. The first-order chi connectivity index (χ1) is 6.15. The standard InChI is InChI=1S/C8H17N3O2/c1-6(12)7-3-2-4-11(7)5-8(9)10-13/h6-7,12-13H,2-5H2,1H3,(H2,9,10)/t6-,7+/m0/s1. The molecule has 1 aliphatic rings. The fraction of sp³-hybridized carbons (Fsp3) is 0.875. The number of nitrogens with zero attached hydrogens (tertiary/aromatic N) is 2. The highest BCUT2D eigenvalue weighted by Crippen LogP contribution is 2.19. The zero-order valence-electron chi connectivity index (χ0n) is 7.85. The van der Waals surface area contributed by atoms with Gasteiger partial charge in [-0.3, -0.25) is 4.90 Å². The number of nitrogens with two attached hydrogens (primary N) is 1. The number of hydrogen-bond donors (Lipinski definition) is 3. The van der Waals surface area contributed by atoms with E-state index in [0.717, 1.165) is 19.4 Å². The molecule has 0 aromatic rings. The summed E-state index contributed by atoms with van der Waals surface area (Å²) in [5, 5.41) is 20.7. The fourth-order valence-corrected chi connectivity index (χ4v) is 1.83. The predicted octanol–water partition coefficient (Wildman–Crippen LogP) is -0.422. The molecule has 0 amide bonds. The highest BCUT2D eigenvalue weighted by atomic mass is 16.4. The second kappa shape index (κ2) is 4.43. The summed E-state index contributed by atoms with van der Waals surface area (Å²) >= 11 is 0. The molecule has 5 heteroatoms. The van der Waals surface area contributed by atoms with Crippen LogP contribution in [-0.2, 0) is 0 Å². The van der Waals surface area contributed by atoms with Gasteiger partial charge in [0, 0.05) is 6.04 Å². The first-order valence-electron chi connectivity index (χ1n) is 4.53. The van der Waals surface area contributed by atoms with Crippen molar-refractivity contribution in [1.82, 2.24) is 4.90 Å². The maximum Gasteiger partial charge on any atom is 0.153 e. The van der Waals surface area contributed by atoms with Crippen molar-refractivity contribution in [2.45, 2.75) is 31.9 Å². The van der Waals surface area contributed by atoms with Gasteiger partial charge in [0.05, 0.1) is 12.6 Å². The topological polar surface area (TPSA) is 82.1 Å². The van der Waals surface area contributed by atoms with E-state index >= 15 is 0 Å². The van der Waals surface area contributed by atoms with Gasteiger partial charge in [-0.05, 0) is 26.3 Å². The Hall–Kier alpha value is -0.810. The van der Waals surface area contributed by atoms with Gasteiger partial charge in [-0.1, -0.05) is 5.16 Å². The number of aliphatic hydroxyl groups is 1. The second-order valence-electron chi connectivity index (χ2n) is 3.51. The average Bonchev–Trinajstić information content (AvgIpc) is 2.52. The van der Waals surface area contributed by atoms with Crippen molar-refractivity contribution in [3.05, 3.63) is 0 Å². The molecule has 0 aromatic heterocycles. The molecule has 0 radical (unpaired) electrons. The van der Waals surface area contributed by atoms with Gasteiger partial charge < -0.3 is 16.0 Å². The Bertz CT molecular complexity index is 194. The molecule has 1 aliphatic heterocycles. The lowest BCUT2D eigenvalue weighted by atomic mass is 10.1. The minimum atomic E-state index is -0.353. The van der Waals surface area contributed by atoms with Crippen molar-refractivity contribution in [3.8, 4) is 0 Å². The van der Waals surface area contributed by atoms with Gasteiger partial charge >= 0.3 is 0 Å². The van der Waals surface area contributed by atoms with Crippen LogP contribution in [0.5, 0.6) is 0 Å². The molecule has 0 unspecified atom stereocenters. The normalized spacial score (nSPS) is 27.8. The van der Waals surface area contributed by atoms with Crippen molar-refractivity contribution >= 4 is 5.84 Å². The Balaban J connectivity index is 2.49. The fourth-order valence-electron chi connectivity index (χ4n) is 1.83. The summed E-state index contributed by atoms with van der Waals surface area (Å²) in [5.41, 5.74) is 5.39. The summed E-state index contributed by atoms with van der Waals surface area (Å²) in [6.07, 6.45) is 1.69. The molecule has 1 saturated heterocycles. The quantitative estimate of drug-likeness (QED) is 0.242. The number of likely N-dealkylation sites (tertiary alicyclic amines) is 1. The first-order valence-corrected chi connectivity index (χ1v) is 4.53. The van der Waals surface area contributed by atoms with Crippen LogP contribution < -0.4 is 5.73 Å². The van der Waals surface area contributed by atoms with Crippen LogP contribution in [0, 0.1) is 0 Å². The molecule has 0 bridgehead atoms. The molecular weight excluding hydrogens is 170 g/mol. The Morgan fingerprint density at radius 3 is 3.00 bits per heavy atom. The number of hydrogen-bond acceptors (Lipinski definition) is 4. The third-order valence-corrected chi connectivity index (χ3v) is 2.46. The summed E-state index contributed by atoms with van der Waals surface area (Å²) in [6, 6.07) is 0.153. The third-order valence-electron chi connectivity index (χ3n) is 2.46. The summed E-state index contributed by atoms with van der Waals surface area (Å²) in [5.74, 6) is 0.201. The molecule has 13 heavy (non-hydrogen) atoms. The smallest absolute Gasteiger partial charge is 0.153 e. The number of aliphatic hydroxyl groups excluding tert-OH is 1. The van der Waals surface area contributed by atoms with Gasteiger partial charge in [0.1, 0.15) is 0 Å². The maximum absolute atomic E-state index is 9.42. The van der Waals surface area contributed by atoms with Gasteiger partial charge in [-0.25, -0.2) is 0 Å². The van der Waals surface area contributed by atoms with Crippen molar-refractivity contribution in [3.63, 3.8) is 0 Å². The van der Waals surface area contributed by atoms with Crippen molar-refractivity contribution in [2.75, 3.05) is 13.1 Å². The Morgan fingerprint density at radius 1 is 1.77 bits per heavy atom. The van der Waals surface area contributed by atoms with Crippen LogP contribution in [0.4, 0.5) is 0 Å². The van der Waals surface area contributed by atoms with Gasteiger partial charge in [0.2, 0.25) is 0 Å². The van der Waals surface area contributed by atoms with Gasteiger partial charge in [0.15, 0.2) is 5.84 Å². The van der Waals surface area contributed by atoms with Crippen molar-refractivity contribution < 1.29 is 10.3 Å². The molecule has 2 atom stereocenters. The average molecular weight is 187 g/mol. The monoisotopic (exact) mass is 187 g/mol. The van der Waals surface area contributed by atoms with Crippen LogP contribution >= 0.6 is 0 Å². The SMILES string of the molecule is C[C@H](O)[C@H]1CCCN1CC(N)=NO. The third kappa shape index (κ3) is 2.57. The lowest BCUT2D eigenvalue weighted by molar-refractivity contribution is 0.0947. The largest absolute Gasteiger partial charge is 0.409 e. The Morgan fingerprint density at radius 2 is 2.46 bits per heavy atom. The molecule has 1 heterocycles. The van der Waals surface area contributed by atoms with E-state index in [9.17, 15) is 5.11 Å². The number of oxime groups is 1. The first kappa shape index (κ1) is 10.3. The molecule has 0 saturated carbocycles. The zero-order valence-corrected chi connectivity index (χ0v) is 7.85. The maximum atomic E-state index is 9.42. The zero-order chi connectivity index (χ0) is 9.84. The molecule has 0 spiro atoms. The van der Waals surface area contributed by atoms with E-state index in [4.69, 9.17) is 10.9 Å². The van der Waals surface area contributed by atoms with E-state index in [1.54, 1.807) is 6.92 Å². The van der Waals surface area contributed by atoms with Crippen LogP contribution in [0.25, 0.3) is 0 Å². The van der Waals surface area contributed by atoms with E-state index in [2.05, 4.69) is 5.16 Å². The molecule has 5 nitrogen and oxygen atoms in total. The lowest BCUT2D eigenvalue weighted by Gasteiger charge is -2.25. The second-order valence-corrected chi connectivity index (χ2v) is 3.51. The van der Waals surface area contributed by atoms with Crippen LogP contribution in [0.2, 0.25) is 0 Å². The summed E-state index contributed by atoms with van der Waals surface area (Å²) in [7, 11) is 0. The highest BCUT2D eigenvalue weighted by Gasteiger charge is 2.28. The van der Waals surface area contributed by atoms with Crippen molar-refractivity contribution in [1.29, 1.82) is 0 Å². The molecule has 1 rings (SSSR count). The van der Waals surface area contributed by atoms with Crippen LogP contribution in [-0.4, -0.2) is 46.3 Å². The van der Waals surface area contributed by atoms with Crippen LogP contribution in [0.15, 0.2) is 5.16 Å². The molecule has 1 fully saturated rings. The van der Waals surface area contributed by atoms with Gasteiger partial charge in [0.25, 0.3) is 0 Å². The van der Waals surface area contributed by atoms with E-state index in [1.165, 1.54) is 0 Å². The minimum absolute atomic E-state index is 0.153. The Labute approximate surface area is 77.8 Å². The van der Waals surface area contributed by atoms with E-state index in [-0.39, 0.29) is 18.0 Å². The van der Waals surface area contributed by atoms with Crippen LogP contribution in [0.1, 0.15) is 19.8 Å². The molecular formula is C8H17N3O2. The number of amidine groups is 1. The van der Waals surface area contributed by atoms with Gasteiger partial charge in [-0.15, -0.1) is 0 Å².